The average Bonchev–Trinajstić information content (AvgIpc) is 2.95. The van der Waals surface area contributed by atoms with E-state index in [1.54, 1.807) is 31.6 Å². The maximum atomic E-state index is 12.1. The number of likely N-dealkylation sites (tertiary alicyclic amines) is 1. The lowest BCUT2D eigenvalue weighted by Crippen LogP contribution is -2.43. The largest absolute Gasteiger partial charge is 0.480 e. The summed E-state index contributed by atoms with van der Waals surface area (Å²) in [4.78, 5) is 24.6. The second-order valence-corrected chi connectivity index (χ2v) is 5.76. The van der Waals surface area contributed by atoms with Gasteiger partial charge in [-0.3, -0.25) is 4.90 Å². The van der Waals surface area contributed by atoms with Gasteiger partial charge in [0.15, 0.2) is 0 Å². The molecule has 0 saturated carbocycles. The number of rotatable bonds is 2. The molecule has 0 bridgehead atoms. The molecule has 20 heavy (non-hydrogen) atoms. The van der Waals surface area contributed by atoms with Crippen LogP contribution >= 0.6 is 0 Å². The summed E-state index contributed by atoms with van der Waals surface area (Å²) in [6.07, 6.45) is 2.85. The zero-order valence-electron chi connectivity index (χ0n) is 11.7. The molecule has 2 rings (SSSR count). The van der Waals surface area contributed by atoms with Crippen molar-refractivity contribution in [2.75, 3.05) is 6.54 Å². The molecule has 0 aromatic carbocycles. The van der Waals surface area contributed by atoms with Crippen LogP contribution in [0.4, 0.5) is 4.79 Å². The Kier molecular flexibility index (Phi) is 3.65. The molecule has 0 radical (unpaired) electrons. The summed E-state index contributed by atoms with van der Waals surface area (Å²) in [5.74, 6) is -1.04. The third-order valence-corrected chi connectivity index (χ3v) is 3.01. The topological polar surface area (TPSA) is 97.5 Å². The Morgan fingerprint density at radius 3 is 2.60 bits per heavy atom. The Labute approximate surface area is 116 Å². The van der Waals surface area contributed by atoms with Gasteiger partial charge in [0.05, 0.1) is 12.2 Å². The number of aliphatic carboxylic acids is 1. The monoisotopic (exact) mass is 282 g/mol. The molecular weight excluding hydrogens is 264 g/mol. The predicted octanol–water partition coefficient (Wildman–Crippen LogP) is 0.913. The highest BCUT2D eigenvalue weighted by Crippen LogP contribution is 2.28. The number of aromatic nitrogens is 3. The van der Waals surface area contributed by atoms with E-state index in [0.29, 0.717) is 0 Å². The summed E-state index contributed by atoms with van der Waals surface area (Å²) in [6.45, 7) is 5.47. The van der Waals surface area contributed by atoms with Crippen molar-refractivity contribution in [2.24, 2.45) is 0 Å². The van der Waals surface area contributed by atoms with E-state index >= 15 is 0 Å². The SMILES string of the molecule is CC(C)(C)OC(=O)N1C[C@H](n2ccnn2)C[C@H]1C(=O)O. The van der Waals surface area contributed by atoms with Gasteiger partial charge < -0.3 is 9.84 Å². The van der Waals surface area contributed by atoms with Crippen LogP contribution < -0.4 is 0 Å². The molecule has 1 N–H and O–H groups in total. The normalized spacial score (nSPS) is 22.9. The molecule has 0 unspecified atom stereocenters. The van der Waals surface area contributed by atoms with Gasteiger partial charge in [0.25, 0.3) is 0 Å². The smallest absolute Gasteiger partial charge is 0.411 e. The van der Waals surface area contributed by atoms with E-state index in [2.05, 4.69) is 10.3 Å². The first-order chi connectivity index (χ1) is 9.28. The number of amides is 1. The third kappa shape index (κ3) is 3.06. The van der Waals surface area contributed by atoms with Crippen molar-refractivity contribution in [2.45, 2.75) is 44.9 Å². The van der Waals surface area contributed by atoms with E-state index in [1.165, 1.54) is 11.1 Å². The first-order valence-corrected chi connectivity index (χ1v) is 6.36. The lowest BCUT2D eigenvalue weighted by Gasteiger charge is -2.26. The first-order valence-electron chi connectivity index (χ1n) is 6.36. The molecule has 110 valence electrons. The molecule has 1 aromatic rings. The number of ether oxygens (including phenoxy) is 1. The highest BCUT2D eigenvalue weighted by Gasteiger charge is 2.42. The van der Waals surface area contributed by atoms with Gasteiger partial charge in [0.2, 0.25) is 0 Å². The standard InChI is InChI=1S/C12H18N4O4/c1-12(2,3)20-11(19)15-7-8(6-9(15)10(17)18)16-5-4-13-14-16/h4-5,8-9H,6-7H2,1-3H3,(H,17,18)/t8-,9+/m1/s1. The van der Waals surface area contributed by atoms with E-state index in [9.17, 15) is 14.7 Å². The number of carbonyl (C=O) groups excluding carboxylic acids is 1. The van der Waals surface area contributed by atoms with Crippen molar-refractivity contribution in [3.63, 3.8) is 0 Å². The van der Waals surface area contributed by atoms with Gasteiger partial charge in [0, 0.05) is 19.2 Å². The summed E-state index contributed by atoms with van der Waals surface area (Å²) in [7, 11) is 0. The van der Waals surface area contributed by atoms with Gasteiger partial charge in [-0.15, -0.1) is 5.10 Å². The summed E-state index contributed by atoms with van der Waals surface area (Å²) < 4.78 is 6.82. The Morgan fingerprint density at radius 1 is 1.40 bits per heavy atom. The fourth-order valence-corrected chi connectivity index (χ4v) is 2.17. The molecule has 2 atom stereocenters. The summed E-state index contributed by atoms with van der Waals surface area (Å²) in [5.41, 5.74) is -0.661. The van der Waals surface area contributed by atoms with Crippen LogP contribution in [0.5, 0.6) is 0 Å². The number of carbonyl (C=O) groups is 2. The van der Waals surface area contributed by atoms with Crippen molar-refractivity contribution >= 4 is 12.1 Å². The maximum absolute atomic E-state index is 12.1. The van der Waals surface area contributed by atoms with Crippen LogP contribution in [0, 0.1) is 0 Å². The molecule has 0 aliphatic carbocycles. The molecule has 1 aliphatic rings. The van der Waals surface area contributed by atoms with Crippen LogP contribution in [-0.4, -0.2) is 55.3 Å². The summed E-state index contributed by atoms with van der Waals surface area (Å²) >= 11 is 0. The van der Waals surface area contributed by atoms with Gasteiger partial charge in [-0.2, -0.15) is 0 Å². The van der Waals surface area contributed by atoms with E-state index in [0.717, 1.165) is 0 Å². The van der Waals surface area contributed by atoms with Crippen LogP contribution in [0.1, 0.15) is 33.2 Å². The van der Waals surface area contributed by atoms with E-state index < -0.39 is 23.7 Å². The van der Waals surface area contributed by atoms with Gasteiger partial charge in [-0.05, 0) is 20.8 Å². The molecule has 1 amide bonds. The molecule has 1 aromatic heterocycles. The predicted molar refractivity (Wildman–Crippen MR) is 68.0 cm³/mol. The van der Waals surface area contributed by atoms with Crippen molar-refractivity contribution in [1.29, 1.82) is 0 Å². The Morgan fingerprint density at radius 2 is 2.10 bits per heavy atom. The Hall–Kier alpha value is -2.12. The molecule has 1 aliphatic heterocycles. The summed E-state index contributed by atoms with van der Waals surface area (Å²) in [6, 6.07) is -1.11. The van der Waals surface area contributed by atoms with Gasteiger partial charge in [0.1, 0.15) is 11.6 Å². The fourth-order valence-electron chi connectivity index (χ4n) is 2.17. The molecule has 0 spiro atoms. The number of hydrogen-bond donors (Lipinski definition) is 1. The van der Waals surface area contributed by atoms with Crippen LogP contribution in [0.2, 0.25) is 0 Å². The molecule has 8 nitrogen and oxygen atoms in total. The lowest BCUT2D eigenvalue weighted by atomic mass is 10.2. The first kappa shape index (κ1) is 14.3. The summed E-state index contributed by atoms with van der Waals surface area (Å²) in [5, 5.41) is 16.8. The second-order valence-electron chi connectivity index (χ2n) is 5.76. The number of carboxylic acids is 1. The van der Waals surface area contributed by atoms with E-state index in [4.69, 9.17) is 4.74 Å². The van der Waals surface area contributed by atoms with Crippen molar-refractivity contribution < 1.29 is 19.4 Å². The van der Waals surface area contributed by atoms with Crippen LogP contribution in [0.3, 0.4) is 0 Å². The van der Waals surface area contributed by atoms with Gasteiger partial charge in [-0.25, -0.2) is 14.3 Å². The molecular formula is C12H18N4O4. The van der Waals surface area contributed by atoms with Crippen LogP contribution in [0.15, 0.2) is 12.4 Å². The Bertz CT molecular complexity index is 494. The molecule has 2 heterocycles. The van der Waals surface area contributed by atoms with E-state index in [-0.39, 0.29) is 19.0 Å². The highest BCUT2D eigenvalue weighted by molar-refractivity contribution is 5.81. The number of nitrogens with zero attached hydrogens (tertiary/aromatic N) is 4. The minimum atomic E-state index is -1.04. The van der Waals surface area contributed by atoms with Crippen LogP contribution in [0.25, 0.3) is 0 Å². The zero-order chi connectivity index (χ0) is 14.9. The Balaban J connectivity index is 2.14. The van der Waals surface area contributed by atoms with Crippen molar-refractivity contribution in [3.8, 4) is 0 Å². The minimum absolute atomic E-state index is 0.203. The van der Waals surface area contributed by atoms with Gasteiger partial charge in [-0.1, -0.05) is 5.21 Å². The third-order valence-electron chi connectivity index (χ3n) is 3.01. The highest BCUT2D eigenvalue weighted by atomic mass is 16.6. The quantitative estimate of drug-likeness (QED) is 0.866. The lowest BCUT2D eigenvalue weighted by molar-refractivity contribution is -0.142. The van der Waals surface area contributed by atoms with E-state index in [1.807, 2.05) is 0 Å². The average molecular weight is 282 g/mol. The van der Waals surface area contributed by atoms with Gasteiger partial charge >= 0.3 is 12.1 Å². The van der Waals surface area contributed by atoms with Crippen LogP contribution in [-0.2, 0) is 9.53 Å². The molecule has 8 heteroatoms. The second kappa shape index (κ2) is 5.10. The molecule has 1 fully saturated rings. The zero-order valence-corrected chi connectivity index (χ0v) is 11.7. The minimum Gasteiger partial charge on any atom is -0.480 e. The van der Waals surface area contributed by atoms with Crippen molar-refractivity contribution in [3.05, 3.63) is 12.4 Å². The maximum Gasteiger partial charge on any atom is 0.411 e. The number of carboxylic acid groups (broad SMARTS) is 1. The van der Waals surface area contributed by atoms with Crippen molar-refractivity contribution in [1.82, 2.24) is 19.9 Å². The fraction of sp³-hybridized carbons (Fsp3) is 0.667. The number of hydrogen-bond acceptors (Lipinski definition) is 5. The molecule has 1 saturated heterocycles.